The molecule has 0 radical (unpaired) electrons. The number of quaternary nitrogens is 1. The molecule has 1 heterocycles. The lowest BCUT2D eigenvalue weighted by Crippen LogP contribution is -2.47. The van der Waals surface area contributed by atoms with Gasteiger partial charge in [0.1, 0.15) is 12.3 Å². The average molecular weight is 196 g/mol. The van der Waals surface area contributed by atoms with Crippen molar-refractivity contribution in [3.05, 3.63) is 23.2 Å². The number of aliphatic hydroxyl groups is 2. The van der Waals surface area contributed by atoms with E-state index < -0.39 is 0 Å². The molecule has 1 saturated heterocycles. The minimum Gasteiger partial charge on any atom is -0.508 e. The van der Waals surface area contributed by atoms with E-state index in [2.05, 4.69) is 14.1 Å². The van der Waals surface area contributed by atoms with Crippen molar-refractivity contribution in [2.24, 2.45) is 5.92 Å². The van der Waals surface area contributed by atoms with Gasteiger partial charge in [-0.05, 0) is 17.6 Å². The van der Waals surface area contributed by atoms with Gasteiger partial charge in [0.05, 0.1) is 20.6 Å². The van der Waals surface area contributed by atoms with E-state index in [0.29, 0.717) is 12.3 Å². The zero-order valence-corrected chi connectivity index (χ0v) is 8.82. The molecule has 1 unspecified atom stereocenters. The Bertz CT molecular complexity index is 315. The first-order chi connectivity index (χ1) is 6.48. The molecule has 0 saturated carbocycles. The molecular formula is C11H18NO2+. The minimum absolute atomic E-state index is 0.0677. The zero-order valence-electron chi connectivity index (χ0n) is 8.82. The number of hydrogen-bond donors (Lipinski definition) is 2. The van der Waals surface area contributed by atoms with Crippen molar-refractivity contribution in [2.45, 2.75) is 12.8 Å². The lowest BCUT2D eigenvalue weighted by molar-refractivity contribution is -0.890. The predicted octanol–water partition coefficient (Wildman–Crippen LogP) is 1.74. The Hall–Kier alpha value is -0.960. The molecule has 0 aromatic rings. The summed E-state index contributed by atoms with van der Waals surface area (Å²) in [7, 11) is 4.40. The fourth-order valence-electron chi connectivity index (χ4n) is 2.39. The van der Waals surface area contributed by atoms with Crippen LogP contribution in [0.4, 0.5) is 0 Å². The highest BCUT2D eigenvalue weighted by atomic mass is 16.3. The third-order valence-electron chi connectivity index (χ3n) is 3.28. The zero-order chi connectivity index (χ0) is 10.3. The second-order valence-electron chi connectivity index (χ2n) is 5.06. The molecule has 1 aliphatic heterocycles. The van der Waals surface area contributed by atoms with Gasteiger partial charge in [-0.1, -0.05) is 0 Å². The Balaban J connectivity index is 2.24. The molecule has 2 aliphatic rings. The predicted molar refractivity (Wildman–Crippen MR) is 54.9 cm³/mol. The molecule has 1 fully saturated rings. The number of piperidine rings is 1. The Labute approximate surface area is 84.6 Å². The molecule has 0 aromatic heterocycles. The molecule has 2 N–H and O–H groups in total. The second kappa shape index (κ2) is 3.02. The van der Waals surface area contributed by atoms with Gasteiger partial charge in [-0.3, -0.25) is 0 Å². The van der Waals surface area contributed by atoms with Crippen molar-refractivity contribution < 1.29 is 14.7 Å². The molecular weight excluding hydrogens is 178 g/mol. The van der Waals surface area contributed by atoms with Crippen molar-refractivity contribution in [3.8, 4) is 0 Å². The van der Waals surface area contributed by atoms with E-state index in [4.69, 9.17) is 0 Å². The van der Waals surface area contributed by atoms with Crippen LogP contribution in [0.3, 0.4) is 0 Å². The van der Waals surface area contributed by atoms with E-state index in [-0.39, 0.29) is 11.5 Å². The summed E-state index contributed by atoms with van der Waals surface area (Å²) in [5, 5.41) is 18.9. The lowest BCUT2D eigenvalue weighted by Gasteiger charge is -2.40. The van der Waals surface area contributed by atoms with Crippen LogP contribution in [0.2, 0.25) is 0 Å². The maximum absolute atomic E-state index is 9.43. The second-order valence-corrected chi connectivity index (χ2v) is 5.06. The van der Waals surface area contributed by atoms with Gasteiger partial charge in [0.15, 0.2) is 5.76 Å². The van der Waals surface area contributed by atoms with Gasteiger partial charge in [0.2, 0.25) is 0 Å². The summed E-state index contributed by atoms with van der Waals surface area (Å²) >= 11 is 0. The van der Waals surface area contributed by atoms with E-state index >= 15 is 0 Å². The Kier molecular flexibility index (Phi) is 2.07. The number of likely N-dealkylation sites (N-methyl/N-ethyl adjacent to an activating group) is 1. The maximum Gasteiger partial charge on any atom is 0.153 e. The van der Waals surface area contributed by atoms with Gasteiger partial charge >= 0.3 is 0 Å². The van der Waals surface area contributed by atoms with Crippen LogP contribution in [0.1, 0.15) is 12.8 Å². The molecule has 1 aliphatic carbocycles. The molecule has 0 spiro atoms. The van der Waals surface area contributed by atoms with E-state index in [9.17, 15) is 10.2 Å². The highest BCUT2D eigenvalue weighted by Gasteiger charge is 2.33. The fourth-order valence-corrected chi connectivity index (χ4v) is 2.39. The molecule has 1 atom stereocenters. The third-order valence-corrected chi connectivity index (χ3v) is 3.28. The smallest absolute Gasteiger partial charge is 0.153 e. The largest absolute Gasteiger partial charge is 0.508 e. The van der Waals surface area contributed by atoms with Crippen molar-refractivity contribution in [1.82, 2.24) is 0 Å². The molecule has 2 rings (SSSR count). The number of allylic oxidation sites excluding steroid dienone is 2. The molecule has 3 nitrogen and oxygen atoms in total. The van der Waals surface area contributed by atoms with Gasteiger partial charge in [-0.2, -0.15) is 0 Å². The topological polar surface area (TPSA) is 40.5 Å². The number of likely N-dealkylation sites (tertiary alicyclic amines) is 1. The molecule has 78 valence electrons. The van der Waals surface area contributed by atoms with Gasteiger partial charge in [-0.25, -0.2) is 0 Å². The van der Waals surface area contributed by atoms with E-state index in [0.717, 1.165) is 24.0 Å². The monoisotopic (exact) mass is 196 g/mol. The summed E-state index contributed by atoms with van der Waals surface area (Å²) in [6, 6.07) is 0. The number of aliphatic hydroxyl groups excluding tert-OH is 2. The maximum atomic E-state index is 9.43. The van der Waals surface area contributed by atoms with Gasteiger partial charge in [0, 0.05) is 12.8 Å². The summed E-state index contributed by atoms with van der Waals surface area (Å²) in [4.78, 5) is 0. The van der Waals surface area contributed by atoms with Crippen LogP contribution in [-0.2, 0) is 0 Å². The fraction of sp³-hybridized carbons (Fsp3) is 0.636. The number of rotatable bonds is 0. The molecule has 0 bridgehead atoms. The summed E-state index contributed by atoms with van der Waals surface area (Å²) < 4.78 is 0.983. The first kappa shape index (κ1) is 9.59. The van der Waals surface area contributed by atoms with Crippen LogP contribution >= 0.6 is 0 Å². The minimum atomic E-state index is 0.0677. The Morgan fingerprint density at radius 1 is 1.36 bits per heavy atom. The van der Waals surface area contributed by atoms with Gasteiger partial charge in [0.25, 0.3) is 0 Å². The first-order valence-corrected chi connectivity index (χ1v) is 5.11. The number of hydrogen-bond acceptors (Lipinski definition) is 2. The molecule has 14 heavy (non-hydrogen) atoms. The third kappa shape index (κ3) is 1.64. The summed E-state index contributed by atoms with van der Waals surface area (Å²) in [6.07, 6.45) is 3.48. The van der Waals surface area contributed by atoms with E-state index in [1.807, 2.05) is 0 Å². The highest BCUT2D eigenvalue weighted by molar-refractivity contribution is 5.28. The van der Waals surface area contributed by atoms with Crippen LogP contribution in [0.25, 0.3) is 0 Å². The van der Waals surface area contributed by atoms with Crippen molar-refractivity contribution >= 4 is 0 Å². The van der Waals surface area contributed by atoms with Crippen molar-refractivity contribution in [2.75, 3.05) is 27.2 Å². The normalized spacial score (nSPS) is 31.0. The summed E-state index contributed by atoms with van der Waals surface area (Å²) in [5.41, 5.74) is 1.29. The standard InChI is InChI=1S/C11H17NO2/c1-12(2)4-3-8-5-10(13)11(14)6-9(8)7-12/h6,8H,3-5,7H2,1-2H3,(H-,13,14)/p+1. The summed E-state index contributed by atoms with van der Waals surface area (Å²) in [6.45, 7) is 2.14. The van der Waals surface area contributed by atoms with Crippen LogP contribution in [0.15, 0.2) is 23.2 Å². The SMILES string of the molecule is C[N+]1(C)CCC2CC(O)=C(O)C=C2C1. The van der Waals surface area contributed by atoms with E-state index in [1.165, 1.54) is 5.57 Å². The van der Waals surface area contributed by atoms with Crippen LogP contribution in [-0.4, -0.2) is 41.9 Å². The lowest BCUT2D eigenvalue weighted by atomic mass is 9.83. The summed E-state index contributed by atoms with van der Waals surface area (Å²) in [5.74, 6) is 0.682. The highest BCUT2D eigenvalue weighted by Crippen LogP contribution is 2.34. The van der Waals surface area contributed by atoms with Crippen LogP contribution in [0, 0.1) is 5.92 Å². The Morgan fingerprint density at radius 2 is 2.07 bits per heavy atom. The van der Waals surface area contributed by atoms with E-state index in [1.54, 1.807) is 6.08 Å². The molecule has 0 amide bonds. The average Bonchev–Trinajstić information content (AvgIpc) is 2.07. The first-order valence-electron chi connectivity index (χ1n) is 5.11. The number of fused-ring (bicyclic) bond motifs is 1. The molecule has 3 heteroatoms. The van der Waals surface area contributed by atoms with Crippen LogP contribution < -0.4 is 0 Å². The van der Waals surface area contributed by atoms with Crippen molar-refractivity contribution in [1.29, 1.82) is 0 Å². The quantitative estimate of drug-likeness (QED) is 0.579. The molecule has 0 aromatic carbocycles. The Morgan fingerprint density at radius 3 is 2.79 bits per heavy atom. The number of nitrogens with zero attached hydrogens (tertiary/aromatic N) is 1. The van der Waals surface area contributed by atoms with Crippen molar-refractivity contribution in [3.63, 3.8) is 0 Å². The van der Waals surface area contributed by atoms with Gasteiger partial charge < -0.3 is 14.7 Å². The van der Waals surface area contributed by atoms with Gasteiger partial charge in [-0.15, -0.1) is 0 Å². The van der Waals surface area contributed by atoms with Crippen LogP contribution in [0.5, 0.6) is 0 Å².